The van der Waals surface area contributed by atoms with Gasteiger partial charge in [-0.15, -0.1) is 0 Å². The highest BCUT2D eigenvalue weighted by Gasteiger charge is 2.32. The summed E-state index contributed by atoms with van der Waals surface area (Å²) >= 11 is 0. The van der Waals surface area contributed by atoms with Crippen LogP contribution in [0.3, 0.4) is 0 Å². The molecule has 0 radical (unpaired) electrons. The summed E-state index contributed by atoms with van der Waals surface area (Å²) in [5.74, 6) is 1.28. The van der Waals surface area contributed by atoms with E-state index >= 15 is 0 Å². The second-order valence-corrected chi connectivity index (χ2v) is 6.74. The third-order valence-electron chi connectivity index (χ3n) is 4.52. The number of rotatable bonds is 5. The number of nitrogens with one attached hydrogen (secondary N) is 1. The molecule has 28 heavy (non-hydrogen) atoms. The standard InChI is InChI=1S/C19H21N7O2/c1-25(2)19-21-9-7-17(23-19)22-15-11-28-12-16(15)26-18(27)6-5-14(24-26)13-4-3-8-20-10-13/h3-10,15-16H,11-12H2,1-2H3,(H,21,22,23). The first-order valence-electron chi connectivity index (χ1n) is 8.97. The predicted octanol–water partition coefficient (Wildman–Crippen LogP) is 1.21. The zero-order chi connectivity index (χ0) is 19.5. The molecule has 9 nitrogen and oxygen atoms in total. The fraction of sp³-hybridized carbons (Fsp3) is 0.316. The minimum Gasteiger partial charge on any atom is -0.377 e. The maximum atomic E-state index is 12.5. The van der Waals surface area contributed by atoms with Gasteiger partial charge in [-0.1, -0.05) is 0 Å². The monoisotopic (exact) mass is 379 g/mol. The molecule has 2 unspecified atom stereocenters. The largest absolute Gasteiger partial charge is 0.377 e. The van der Waals surface area contributed by atoms with Gasteiger partial charge in [-0.2, -0.15) is 10.1 Å². The zero-order valence-corrected chi connectivity index (χ0v) is 15.7. The average Bonchev–Trinajstić information content (AvgIpc) is 3.17. The van der Waals surface area contributed by atoms with Crippen LogP contribution in [0.4, 0.5) is 11.8 Å². The van der Waals surface area contributed by atoms with E-state index in [1.165, 1.54) is 10.7 Å². The Morgan fingerprint density at radius 2 is 2.07 bits per heavy atom. The molecule has 0 saturated carbocycles. The highest BCUT2D eigenvalue weighted by molar-refractivity contribution is 5.56. The molecule has 0 aromatic carbocycles. The Kier molecular flexibility index (Phi) is 4.98. The molecular formula is C19H21N7O2. The van der Waals surface area contributed by atoms with Crippen LogP contribution in [0.15, 0.2) is 53.7 Å². The molecule has 1 fully saturated rings. The Labute approximate surface area is 162 Å². The van der Waals surface area contributed by atoms with Crippen molar-refractivity contribution in [2.75, 3.05) is 37.5 Å². The Hall–Kier alpha value is -3.33. The van der Waals surface area contributed by atoms with Crippen molar-refractivity contribution in [1.82, 2.24) is 24.7 Å². The molecule has 1 aliphatic heterocycles. The minimum absolute atomic E-state index is 0.140. The molecule has 4 rings (SSSR count). The van der Waals surface area contributed by atoms with Gasteiger partial charge in [0.15, 0.2) is 0 Å². The van der Waals surface area contributed by atoms with E-state index in [2.05, 4.69) is 25.4 Å². The summed E-state index contributed by atoms with van der Waals surface area (Å²) in [5, 5.41) is 7.92. The van der Waals surface area contributed by atoms with Gasteiger partial charge in [0.1, 0.15) is 11.9 Å². The van der Waals surface area contributed by atoms with Crippen molar-refractivity contribution in [3.63, 3.8) is 0 Å². The van der Waals surface area contributed by atoms with Gasteiger partial charge in [0.05, 0.1) is 24.9 Å². The molecular weight excluding hydrogens is 358 g/mol. The quantitative estimate of drug-likeness (QED) is 0.706. The van der Waals surface area contributed by atoms with E-state index < -0.39 is 0 Å². The number of pyridine rings is 1. The van der Waals surface area contributed by atoms with Crippen LogP contribution in [0.5, 0.6) is 0 Å². The fourth-order valence-corrected chi connectivity index (χ4v) is 3.09. The Bertz CT molecular complexity index is 1010. The second kappa shape index (κ2) is 7.73. The lowest BCUT2D eigenvalue weighted by Gasteiger charge is -2.21. The summed E-state index contributed by atoms with van der Waals surface area (Å²) < 4.78 is 7.13. The van der Waals surface area contributed by atoms with Crippen LogP contribution in [0.1, 0.15) is 6.04 Å². The number of hydrogen-bond acceptors (Lipinski definition) is 8. The number of hydrogen-bond donors (Lipinski definition) is 1. The lowest BCUT2D eigenvalue weighted by atomic mass is 10.1. The fourth-order valence-electron chi connectivity index (χ4n) is 3.09. The van der Waals surface area contributed by atoms with Crippen LogP contribution in [0.2, 0.25) is 0 Å². The number of nitrogens with zero attached hydrogens (tertiary/aromatic N) is 6. The van der Waals surface area contributed by atoms with Gasteiger partial charge < -0.3 is 15.0 Å². The molecule has 0 bridgehead atoms. The Morgan fingerprint density at radius 1 is 1.18 bits per heavy atom. The number of anilines is 2. The normalized spacial score (nSPS) is 18.8. The van der Waals surface area contributed by atoms with E-state index in [0.717, 1.165) is 5.56 Å². The summed E-state index contributed by atoms with van der Waals surface area (Å²) in [6.45, 7) is 0.851. The van der Waals surface area contributed by atoms with Crippen LogP contribution >= 0.6 is 0 Å². The van der Waals surface area contributed by atoms with E-state index in [1.54, 1.807) is 30.7 Å². The van der Waals surface area contributed by atoms with Gasteiger partial charge in [0.25, 0.3) is 5.56 Å². The minimum atomic E-state index is -0.248. The summed E-state index contributed by atoms with van der Waals surface area (Å²) in [7, 11) is 3.77. The van der Waals surface area contributed by atoms with Crippen molar-refractivity contribution < 1.29 is 4.74 Å². The van der Waals surface area contributed by atoms with Crippen molar-refractivity contribution in [1.29, 1.82) is 0 Å². The van der Waals surface area contributed by atoms with Crippen LogP contribution < -0.4 is 15.8 Å². The van der Waals surface area contributed by atoms with Crippen molar-refractivity contribution in [3.05, 3.63) is 59.3 Å². The highest BCUT2D eigenvalue weighted by atomic mass is 16.5. The maximum Gasteiger partial charge on any atom is 0.267 e. The molecule has 144 valence electrons. The van der Waals surface area contributed by atoms with Gasteiger partial charge in [-0.25, -0.2) is 9.67 Å². The lowest BCUT2D eigenvalue weighted by molar-refractivity contribution is 0.183. The van der Waals surface area contributed by atoms with Crippen LogP contribution in [0.25, 0.3) is 11.3 Å². The zero-order valence-electron chi connectivity index (χ0n) is 15.7. The van der Waals surface area contributed by atoms with Gasteiger partial charge >= 0.3 is 0 Å². The molecule has 3 aromatic rings. The maximum absolute atomic E-state index is 12.5. The van der Waals surface area contributed by atoms with Gasteiger partial charge in [-0.3, -0.25) is 9.78 Å². The van der Waals surface area contributed by atoms with E-state index in [0.29, 0.717) is 30.7 Å². The first kappa shape index (κ1) is 18.1. The van der Waals surface area contributed by atoms with Crippen molar-refractivity contribution in [2.45, 2.75) is 12.1 Å². The Morgan fingerprint density at radius 3 is 2.86 bits per heavy atom. The number of ether oxygens (including phenoxy) is 1. The molecule has 3 aromatic heterocycles. The molecule has 1 N–H and O–H groups in total. The summed E-state index contributed by atoms with van der Waals surface area (Å²) in [6.07, 6.45) is 5.12. The van der Waals surface area contributed by atoms with E-state index in [1.807, 2.05) is 31.1 Å². The average molecular weight is 379 g/mol. The summed E-state index contributed by atoms with van der Waals surface area (Å²) in [4.78, 5) is 27.2. The molecule has 1 saturated heterocycles. The third kappa shape index (κ3) is 3.70. The van der Waals surface area contributed by atoms with Gasteiger partial charge in [0.2, 0.25) is 5.95 Å². The predicted molar refractivity (Wildman–Crippen MR) is 105 cm³/mol. The topological polar surface area (TPSA) is 98.1 Å². The van der Waals surface area contributed by atoms with Crippen molar-refractivity contribution in [2.24, 2.45) is 0 Å². The molecule has 2 atom stereocenters. The molecule has 0 spiro atoms. The van der Waals surface area contributed by atoms with Crippen molar-refractivity contribution >= 4 is 11.8 Å². The van der Waals surface area contributed by atoms with Crippen LogP contribution in [0, 0.1) is 0 Å². The number of aromatic nitrogens is 5. The second-order valence-electron chi connectivity index (χ2n) is 6.74. The van der Waals surface area contributed by atoms with Crippen molar-refractivity contribution in [3.8, 4) is 11.3 Å². The first-order valence-corrected chi connectivity index (χ1v) is 8.97. The van der Waals surface area contributed by atoms with E-state index in [-0.39, 0.29) is 17.6 Å². The lowest BCUT2D eigenvalue weighted by Crippen LogP contribution is -2.37. The van der Waals surface area contributed by atoms with E-state index in [4.69, 9.17) is 4.74 Å². The summed E-state index contributed by atoms with van der Waals surface area (Å²) in [5.41, 5.74) is 1.37. The molecule has 4 heterocycles. The van der Waals surface area contributed by atoms with Gasteiger partial charge in [-0.05, 0) is 24.3 Å². The highest BCUT2D eigenvalue weighted by Crippen LogP contribution is 2.23. The van der Waals surface area contributed by atoms with E-state index in [9.17, 15) is 4.79 Å². The van der Waals surface area contributed by atoms with Crippen LogP contribution in [-0.4, -0.2) is 58.1 Å². The molecule has 0 amide bonds. The van der Waals surface area contributed by atoms with Crippen LogP contribution in [-0.2, 0) is 4.74 Å². The third-order valence-corrected chi connectivity index (χ3v) is 4.52. The molecule has 0 aliphatic carbocycles. The SMILES string of the molecule is CN(C)c1nccc(NC2COCC2n2nc(-c3cccnc3)ccc2=O)n1. The molecule has 9 heteroatoms. The van der Waals surface area contributed by atoms with Gasteiger partial charge in [0, 0.05) is 44.3 Å². The first-order chi connectivity index (χ1) is 13.6. The Balaban J connectivity index is 1.62. The smallest absolute Gasteiger partial charge is 0.267 e. The molecule has 1 aliphatic rings. The summed E-state index contributed by atoms with van der Waals surface area (Å²) in [6, 6.07) is 8.40.